The Bertz CT molecular complexity index is 459. The van der Waals surface area contributed by atoms with Crippen molar-refractivity contribution in [2.24, 2.45) is 17.0 Å². The third-order valence-electron chi connectivity index (χ3n) is 2.51. The number of nitrogens with zero attached hydrogens (tertiary/aromatic N) is 4. The Morgan fingerprint density at radius 3 is 2.32 bits per heavy atom. The number of carbonyl (C=O) groups is 1. The highest BCUT2D eigenvalue weighted by Crippen LogP contribution is 2.16. The molecule has 0 saturated carbocycles. The molecular formula is C10H20N8O. The van der Waals surface area contributed by atoms with E-state index in [-0.39, 0.29) is 5.95 Å². The molecule has 0 atom stereocenters. The van der Waals surface area contributed by atoms with Crippen molar-refractivity contribution in [3.8, 4) is 0 Å². The Balaban J connectivity index is 2.89. The van der Waals surface area contributed by atoms with Gasteiger partial charge in [-0.3, -0.25) is 10.2 Å². The summed E-state index contributed by atoms with van der Waals surface area (Å²) in [5.74, 6) is 5.89. The summed E-state index contributed by atoms with van der Waals surface area (Å²) in [6.45, 7) is 3.78. The molecule has 0 radical (unpaired) electrons. The SMILES string of the molecule is CN(C)c1nc(NN)nc(NCC(C)(C)C(N)=O)n1. The van der Waals surface area contributed by atoms with E-state index in [1.807, 2.05) is 0 Å². The molecule has 0 aliphatic carbocycles. The molecule has 0 fully saturated rings. The van der Waals surface area contributed by atoms with E-state index in [0.29, 0.717) is 18.4 Å². The maximum absolute atomic E-state index is 11.2. The highest BCUT2D eigenvalue weighted by Gasteiger charge is 2.25. The van der Waals surface area contributed by atoms with Crippen LogP contribution in [-0.4, -0.2) is 41.5 Å². The summed E-state index contributed by atoms with van der Waals surface area (Å²) in [6.07, 6.45) is 0. The molecule has 0 aromatic carbocycles. The fraction of sp³-hybridized carbons (Fsp3) is 0.600. The summed E-state index contributed by atoms with van der Waals surface area (Å²) in [4.78, 5) is 25.2. The lowest BCUT2D eigenvalue weighted by Gasteiger charge is -2.21. The second-order valence-corrected chi connectivity index (χ2v) is 4.92. The average Bonchev–Trinajstić information content (AvgIpc) is 2.35. The number of carbonyl (C=O) groups excluding carboxylic acids is 1. The number of anilines is 3. The quantitative estimate of drug-likeness (QED) is 0.387. The van der Waals surface area contributed by atoms with Crippen LogP contribution in [0.3, 0.4) is 0 Å². The first-order chi connectivity index (χ1) is 8.76. The molecule has 1 rings (SSSR count). The first kappa shape index (κ1) is 14.9. The molecule has 0 spiro atoms. The molecule has 0 unspecified atom stereocenters. The topological polar surface area (TPSA) is 135 Å². The van der Waals surface area contributed by atoms with E-state index in [4.69, 9.17) is 11.6 Å². The molecule has 1 heterocycles. The molecule has 1 amide bonds. The number of rotatable bonds is 6. The summed E-state index contributed by atoms with van der Waals surface area (Å²) in [6, 6.07) is 0. The Morgan fingerprint density at radius 1 is 1.26 bits per heavy atom. The number of nitrogen functional groups attached to an aromatic ring is 1. The lowest BCUT2D eigenvalue weighted by molar-refractivity contribution is -0.125. The predicted molar refractivity (Wildman–Crippen MR) is 73.4 cm³/mol. The highest BCUT2D eigenvalue weighted by atomic mass is 16.1. The van der Waals surface area contributed by atoms with Gasteiger partial charge in [-0.1, -0.05) is 0 Å². The molecule has 0 aliphatic heterocycles. The van der Waals surface area contributed by atoms with Crippen molar-refractivity contribution in [2.45, 2.75) is 13.8 Å². The minimum atomic E-state index is -0.707. The van der Waals surface area contributed by atoms with Crippen LogP contribution in [0.5, 0.6) is 0 Å². The lowest BCUT2D eigenvalue weighted by Crippen LogP contribution is -2.37. The van der Waals surface area contributed by atoms with Gasteiger partial charge in [0, 0.05) is 20.6 Å². The van der Waals surface area contributed by atoms with E-state index in [9.17, 15) is 4.79 Å². The number of hydrogen-bond donors (Lipinski definition) is 4. The Kier molecular flexibility index (Phi) is 4.43. The van der Waals surface area contributed by atoms with Crippen LogP contribution in [0.2, 0.25) is 0 Å². The number of hydrogen-bond acceptors (Lipinski definition) is 8. The number of amides is 1. The Labute approximate surface area is 111 Å². The van der Waals surface area contributed by atoms with Crippen LogP contribution in [0.1, 0.15) is 13.8 Å². The van der Waals surface area contributed by atoms with E-state index < -0.39 is 11.3 Å². The van der Waals surface area contributed by atoms with Crippen LogP contribution in [0, 0.1) is 5.41 Å². The molecule has 106 valence electrons. The summed E-state index contributed by atoms with van der Waals surface area (Å²) < 4.78 is 0. The lowest BCUT2D eigenvalue weighted by atomic mass is 9.93. The van der Waals surface area contributed by atoms with Gasteiger partial charge in [0.2, 0.25) is 23.8 Å². The summed E-state index contributed by atoms with van der Waals surface area (Å²) >= 11 is 0. The zero-order valence-corrected chi connectivity index (χ0v) is 11.6. The number of aromatic nitrogens is 3. The predicted octanol–water partition coefficient (Wildman–Crippen LogP) is -0.853. The maximum Gasteiger partial charge on any atom is 0.243 e. The van der Waals surface area contributed by atoms with Gasteiger partial charge in [0.25, 0.3) is 0 Å². The smallest absolute Gasteiger partial charge is 0.243 e. The molecule has 9 nitrogen and oxygen atoms in total. The number of nitrogens with one attached hydrogen (secondary N) is 2. The number of nitrogens with two attached hydrogens (primary N) is 2. The van der Waals surface area contributed by atoms with Gasteiger partial charge in [-0.05, 0) is 13.8 Å². The first-order valence-electron chi connectivity index (χ1n) is 5.70. The van der Waals surface area contributed by atoms with E-state index in [1.165, 1.54) is 0 Å². The van der Waals surface area contributed by atoms with Crippen LogP contribution in [0.15, 0.2) is 0 Å². The van der Waals surface area contributed by atoms with Crippen molar-refractivity contribution in [1.82, 2.24) is 15.0 Å². The maximum atomic E-state index is 11.2. The third kappa shape index (κ3) is 3.91. The summed E-state index contributed by atoms with van der Waals surface area (Å²) in [5, 5.41) is 2.95. The molecule has 0 bridgehead atoms. The third-order valence-corrected chi connectivity index (χ3v) is 2.51. The fourth-order valence-electron chi connectivity index (χ4n) is 1.10. The van der Waals surface area contributed by atoms with Gasteiger partial charge in [-0.2, -0.15) is 15.0 Å². The molecule has 9 heteroatoms. The van der Waals surface area contributed by atoms with Gasteiger partial charge in [0.05, 0.1) is 5.41 Å². The van der Waals surface area contributed by atoms with Crippen molar-refractivity contribution >= 4 is 23.8 Å². The summed E-state index contributed by atoms with van der Waals surface area (Å²) in [5.41, 5.74) is 6.95. The second-order valence-electron chi connectivity index (χ2n) is 4.92. The van der Waals surface area contributed by atoms with Crippen LogP contribution in [-0.2, 0) is 4.79 Å². The zero-order valence-electron chi connectivity index (χ0n) is 11.6. The van der Waals surface area contributed by atoms with Crippen molar-refractivity contribution < 1.29 is 4.79 Å². The van der Waals surface area contributed by atoms with Crippen molar-refractivity contribution in [2.75, 3.05) is 36.3 Å². The normalized spacial score (nSPS) is 11.0. The van der Waals surface area contributed by atoms with Crippen molar-refractivity contribution in [3.63, 3.8) is 0 Å². The van der Waals surface area contributed by atoms with Gasteiger partial charge < -0.3 is 16.0 Å². The van der Waals surface area contributed by atoms with Gasteiger partial charge in [0.1, 0.15) is 0 Å². The van der Waals surface area contributed by atoms with Gasteiger partial charge in [-0.25, -0.2) is 5.84 Å². The van der Waals surface area contributed by atoms with Crippen LogP contribution in [0.4, 0.5) is 17.8 Å². The number of hydrazine groups is 1. The first-order valence-corrected chi connectivity index (χ1v) is 5.70. The molecule has 0 aliphatic rings. The largest absolute Gasteiger partial charge is 0.369 e. The molecule has 6 N–H and O–H groups in total. The van der Waals surface area contributed by atoms with Crippen LogP contribution >= 0.6 is 0 Å². The molecular weight excluding hydrogens is 248 g/mol. The zero-order chi connectivity index (χ0) is 14.6. The van der Waals surface area contributed by atoms with E-state index in [2.05, 4.69) is 25.7 Å². The van der Waals surface area contributed by atoms with Gasteiger partial charge in [-0.15, -0.1) is 0 Å². The molecule has 1 aromatic rings. The summed E-state index contributed by atoms with van der Waals surface area (Å²) in [7, 11) is 3.60. The average molecular weight is 268 g/mol. The van der Waals surface area contributed by atoms with Gasteiger partial charge >= 0.3 is 0 Å². The monoisotopic (exact) mass is 268 g/mol. The van der Waals surface area contributed by atoms with E-state index in [1.54, 1.807) is 32.8 Å². The highest BCUT2D eigenvalue weighted by molar-refractivity contribution is 5.80. The standard InChI is InChI=1S/C10H20N8O/c1-10(2,6(11)19)5-13-7-14-8(17-12)16-9(15-7)18(3)4/h5,12H2,1-4H3,(H2,11,19)(H2,13,14,15,16,17). The minimum Gasteiger partial charge on any atom is -0.369 e. The number of primary amides is 1. The minimum absolute atomic E-state index is 0.234. The molecule has 1 aromatic heterocycles. The van der Waals surface area contributed by atoms with Crippen LogP contribution in [0.25, 0.3) is 0 Å². The Hall–Kier alpha value is -2.16. The van der Waals surface area contributed by atoms with Crippen molar-refractivity contribution in [1.29, 1.82) is 0 Å². The van der Waals surface area contributed by atoms with E-state index in [0.717, 1.165) is 0 Å². The van der Waals surface area contributed by atoms with E-state index >= 15 is 0 Å². The molecule has 0 saturated heterocycles. The van der Waals surface area contributed by atoms with Crippen LogP contribution < -0.4 is 27.2 Å². The fourth-order valence-corrected chi connectivity index (χ4v) is 1.10. The van der Waals surface area contributed by atoms with Crippen molar-refractivity contribution in [3.05, 3.63) is 0 Å². The Morgan fingerprint density at radius 2 is 1.84 bits per heavy atom. The molecule has 19 heavy (non-hydrogen) atoms. The van der Waals surface area contributed by atoms with Gasteiger partial charge in [0.15, 0.2) is 0 Å². The second kappa shape index (κ2) is 5.65.